The molecule has 0 heterocycles. The SMILES string of the molecule is CCCCCCCCCCCCCCCCCC=CC(O)C(O)C(O)CO. The molecule has 0 saturated heterocycles. The van der Waals surface area contributed by atoms with Gasteiger partial charge in [0.1, 0.15) is 18.3 Å². The Kier molecular flexibility index (Phi) is 20.0. The lowest BCUT2D eigenvalue weighted by Gasteiger charge is -2.18. The van der Waals surface area contributed by atoms with Gasteiger partial charge >= 0.3 is 0 Å². The highest BCUT2D eigenvalue weighted by Crippen LogP contribution is 2.14. The van der Waals surface area contributed by atoms with Gasteiger partial charge in [0.15, 0.2) is 0 Å². The summed E-state index contributed by atoms with van der Waals surface area (Å²) in [6, 6.07) is 0. The third-order valence-corrected chi connectivity index (χ3v) is 5.24. The molecular weight excluding hydrogens is 340 g/mol. The second-order valence-electron chi connectivity index (χ2n) is 7.90. The molecular formula is C23H46O4. The van der Waals surface area contributed by atoms with Gasteiger partial charge in [-0.2, -0.15) is 0 Å². The molecule has 0 aromatic rings. The van der Waals surface area contributed by atoms with Crippen molar-refractivity contribution in [3.8, 4) is 0 Å². The zero-order valence-electron chi connectivity index (χ0n) is 17.7. The van der Waals surface area contributed by atoms with Gasteiger partial charge in [-0.15, -0.1) is 0 Å². The van der Waals surface area contributed by atoms with Crippen LogP contribution in [0.2, 0.25) is 0 Å². The third-order valence-electron chi connectivity index (χ3n) is 5.24. The lowest BCUT2D eigenvalue weighted by Crippen LogP contribution is -2.38. The average Bonchev–Trinajstić information content (AvgIpc) is 2.68. The molecule has 27 heavy (non-hydrogen) atoms. The van der Waals surface area contributed by atoms with Crippen LogP contribution >= 0.6 is 0 Å². The van der Waals surface area contributed by atoms with Crippen LogP contribution in [-0.2, 0) is 0 Å². The van der Waals surface area contributed by atoms with Crippen molar-refractivity contribution in [2.45, 2.75) is 128 Å². The first kappa shape index (κ1) is 26.6. The summed E-state index contributed by atoms with van der Waals surface area (Å²) in [5, 5.41) is 37.1. The van der Waals surface area contributed by atoms with Crippen LogP contribution in [0.25, 0.3) is 0 Å². The van der Waals surface area contributed by atoms with Crippen molar-refractivity contribution in [2.75, 3.05) is 6.61 Å². The first-order valence-electron chi connectivity index (χ1n) is 11.4. The lowest BCUT2D eigenvalue weighted by molar-refractivity contribution is -0.0611. The topological polar surface area (TPSA) is 80.9 Å². The number of hydrogen-bond donors (Lipinski definition) is 4. The predicted molar refractivity (Wildman–Crippen MR) is 114 cm³/mol. The van der Waals surface area contributed by atoms with Crippen LogP contribution in [0.3, 0.4) is 0 Å². The molecule has 0 spiro atoms. The summed E-state index contributed by atoms with van der Waals surface area (Å²) in [5.41, 5.74) is 0. The van der Waals surface area contributed by atoms with Gasteiger partial charge in [-0.05, 0) is 12.8 Å². The van der Waals surface area contributed by atoms with Crippen LogP contribution in [0.1, 0.15) is 110 Å². The molecule has 0 saturated carbocycles. The van der Waals surface area contributed by atoms with Gasteiger partial charge in [0, 0.05) is 0 Å². The minimum atomic E-state index is -1.33. The van der Waals surface area contributed by atoms with E-state index in [9.17, 15) is 15.3 Å². The number of allylic oxidation sites excluding steroid dienone is 1. The highest BCUT2D eigenvalue weighted by atomic mass is 16.4. The number of aliphatic hydroxyl groups excluding tert-OH is 4. The minimum absolute atomic E-state index is 0.550. The molecule has 3 atom stereocenters. The van der Waals surface area contributed by atoms with Crippen LogP contribution in [0.4, 0.5) is 0 Å². The molecule has 4 heteroatoms. The summed E-state index contributed by atoms with van der Waals surface area (Å²) in [6.45, 7) is 1.72. The Hall–Kier alpha value is -0.420. The van der Waals surface area contributed by atoms with E-state index in [2.05, 4.69) is 6.92 Å². The Balaban J connectivity index is 3.28. The van der Waals surface area contributed by atoms with E-state index < -0.39 is 24.9 Å². The summed E-state index contributed by atoms with van der Waals surface area (Å²) in [5.74, 6) is 0. The van der Waals surface area contributed by atoms with Crippen molar-refractivity contribution >= 4 is 0 Å². The van der Waals surface area contributed by atoms with Crippen molar-refractivity contribution in [1.29, 1.82) is 0 Å². The van der Waals surface area contributed by atoms with Gasteiger partial charge in [0.25, 0.3) is 0 Å². The number of hydrogen-bond acceptors (Lipinski definition) is 4. The first-order chi connectivity index (χ1) is 13.1. The lowest BCUT2D eigenvalue weighted by atomic mass is 10.0. The van der Waals surface area contributed by atoms with Gasteiger partial charge in [0.05, 0.1) is 6.61 Å². The van der Waals surface area contributed by atoms with E-state index in [1.807, 2.05) is 6.08 Å². The molecule has 0 fully saturated rings. The molecule has 0 aliphatic heterocycles. The van der Waals surface area contributed by atoms with Gasteiger partial charge in [-0.1, -0.05) is 109 Å². The van der Waals surface area contributed by atoms with E-state index in [1.165, 1.54) is 96.0 Å². The standard InChI is InChI=1S/C23H46O4/c1-2-3-4-5-6-7-8-9-10-11-12-13-14-15-16-17-18-19-21(25)23(27)22(26)20-24/h18-19,21-27H,2-17,20H2,1H3. The van der Waals surface area contributed by atoms with Gasteiger partial charge in [-0.25, -0.2) is 0 Å². The van der Waals surface area contributed by atoms with Crippen molar-refractivity contribution < 1.29 is 20.4 Å². The van der Waals surface area contributed by atoms with Crippen LogP contribution in [0.15, 0.2) is 12.2 Å². The molecule has 0 amide bonds. The fraction of sp³-hybridized carbons (Fsp3) is 0.913. The van der Waals surface area contributed by atoms with Crippen molar-refractivity contribution in [2.24, 2.45) is 0 Å². The largest absolute Gasteiger partial charge is 0.394 e. The highest BCUT2D eigenvalue weighted by molar-refractivity contribution is 4.94. The van der Waals surface area contributed by atoms with E-state index in [1.54, 1.807) is 0 Å². The van der Waals surface area contributed by atoms with Crippen LogP contribution in [0.5, 0.6) is 0 Å². The second kappa shape index (κ2) is 20.3. The fourth-order valence-electron chi connectivity index (χ4n) is 3.32. The molecule has 0 bridgehead atoms. The summed E-state index contributed by atoms with van der Waals surface area (Å²) >= 11 is 0. The second-order valence-corrected chi connectivity index (χ2v) is 7.90. The Labute approximate surface area is 167 Å². The summed E-state index contributed by atoms with van der Waals surface area (Å²) in [7, 11) is 0. The van der Waals surface area contributed by atoms with Crippen molar-refractivity contribution in [1.82, 2.24) is 0 Å². The Morgan fingerprint density at radius 1 is 0.630 bits per heavy atom. The Morgan fingerprint density at radius 2 is 1.04 bits per heavy atom. The molecule has 0 aromatic heterocycles. The zero-order valence-corrected chi connectivity index (χ0v) is 17.7. The van der Waals surface area contributed by atoms with E-state index in [0.29, 0.717) is 0 Å². The van der Waals surface area contributed by atoms with Gasteiger partial charge in [-0.3, -0.25) is 0 Å². The number of aliphatic hydroxyl groups is 4. The van der Waals surface area contributed by atoms with E-state index >= 15 is 0 Å². The molecule has 162 valence electrons. The maximum absolute atomic E-state index is 9.64. The molecule has 0 aromatic carbocycles. The maximum Gasteiger partial charge on any atom is 0.112 e. The fourth-order valence-corrected chi connectivity index (χ4v) is 3.32. The normalized spacial score (nSPS) is 15.3. The molecule has 3 unspecified atom stereocenters. The smallest absolute Gasteiger partial charge is 0.112 e. The molecule has 4 N–H and O–H groups in total. The van der Waals surface area contributed by atoms with Crippen LogP contribution < -0.4 is 0 Å². The average molecular weight is 387 g/mol. The van der Waals surface area contributed by atoms with E-state index in [4.69, 9.17) is 5.11 Å². The molecule has 0 radical (unpaired) electrons. The van der Waals surface area contributed by atoms with E-state index in [0.717, 1.165) is 12.8 Å². The molecule has 0 rings (SSSR count). The third kappa shape index (κ3) is 17.4. The van der Waals surface area contributed by atoms with Crippen LogP contribution in [0, 0.1) is 0 Å². The zero-order chi connectivity index (χ0) is 20.2. The number of rotatable bonds is 20. The number of unbranched alkanes of at least 4 members (excludes halogenated alkanes) is 15. The van der Waals surface area contributed by atoms with Gasteiger partial charge in [0.2, 0.25) is 0 Å². The van der Waals surface area contributed by atoms with E-state index in [-0.39, 0.29) is 0 Å². The van der Waals surface area contributed by atoms with Crippen LogP contribution in [-0.4, -0.2) is 45.3 Å². The predicted octanol–water partition coefficient (Wildman–Crippen LogP) is 4.88. The quantitative estimate of drug-likeness (QED) is 0.178. The monoisotopic (exact) mass is 386 g/mol. The summed E-state index contributed by atoms with van der Waals surface area (Å²) in [4.78, 5) is 0. The van der Waals surface area contributed by atoms with Crippen molar-refractivity contribution in [3.05, 3.63) is 12.2 Å². The minimum Gasteiger partial charge on any atom is -0.394 e. The highest BCUT2D eigenvalue weighted by Gasteiger charge is 2.21. The summed E-state index contributed by atoms with van der Waals surface area (Å²) < 4.78 is 0. The molecule has 0 aliphatic rings. The van der Waals surface area contributed by atoms with Crippen molar-refractivity contribution in [3.63, 3.8) is 0 Å². The Morgan fingerprint density at radius 3 is 1.44 bits per heavy atom. The Bertz CT molecular complexity index is 320. The first-order valence-corrected chi connectivity index (χ1v) is 11.4. The maximum atomic E-state index is 9.64. The molecule has 4 nitrogen and oxygen atoms in total. The molecule has 0 aliphatic carbocycles. The summed E-state index contributed by atoms with van der Waals surface area (Å²) in [6.07, 6.45) is 20.7. The van der Waals surface area contributed by atoms with Gasteiger partial charge < -0.3 is 20.4 Å².